The third-order valence-corrected chi connectivity index (χ3v) is 7.95. The van der Waals surface area contributed by atoms with E-state index in [2.05, 4.69) is 20.5 Å². The number of rotatable bonds is 5. The number of nitrogens with one attached hydrogen (secondary N) is 2. The number of anilines is 3. The van der Waals surface area contributed by atoms with Crippen molar-refractivity contribution in [2.75, 3.05) is 28.6 Å². The average Bonchev–Trinajstić information content (AvgIpc) is 2.96. The summed E-state index contributed by atoms with van der Waals surface area (Å²) in [4.78, 5) is 45.2. The molecule has 202 valence electrons. The van der Waals surface area contributed by atoms with Crippen LogP contribution in [0.4, 0.5) is 17.1 Å². The Hall–Kier alpha value is -4.43. The lowest BCUT2D eigenvalue weighted by molar-refractivity contribution is 0.101. The molecule has 2 aromatic carbocycles. The van der Waals surface area contributed by atoms with E-state index in [9.17, 15) is 14.4 Å². The molecule has 0 saturated carbocycles. The zero-order valence-electron chi connectivity index (χ0n) is 21.9. The van der Waals surface area contributed by atoms with Crippen molar-refractivity contribution in [1.82, 2.24) is 9.55 Å². The molecule has 2 N–H and O–H groups in total. The van der Waals surface area contributed by atoms with Crippen molar-refractivity contribution < 1.29 is 9.59 Å². The van der Waals surface area contributed by atoms with Crippen molar-refractivity contribution in [3.63, 3.8) is 0 Å². The minimum Gasteiger partial charge on any atom is -0.369 e. The molecule has 2 aliphatic heterocycles. The molecule has 4 heterocycles. The normalized spacial score (nSPS) is 17.6. The molecule has 1 fully saturated rings. The van der Waals surface area contributed by atoms with E-state index in [-0.39, 0.29) is 23.3 Å². The first-order valence-corrected chi connectivity index (χ1v) is 13.6. The van der Waals surface area contributed by atoms with Gasteiger partial charge in [0.05, 0.1) is 11.4 Å². The van der Waals surface area contributed by atoms with Gasteiger partial charge in [-0.05, 0) is 73.4 Å². The molecule has 2 atom stereocenters. The van der Waals surface area contributed by atoms with E-state index < -0.39 is 0 Å². The molecular weight excluding hydrogens is 526 g/mol. The molecule has 6 rings (SSSR count). The Bertz CT molecular complexity index is 1670. The first kappa shape index (κ1) is 25.8. The van der Waals surface area contributed by atoms with E-state index in [4.69, 9.17) is 11.6 Å². The summed E-state index contributed by atoms with van der Waals surface area (Å²) < 4.78 is 1.90. The molecule has 8 nitrogen and oxygen atoms in total. The number of aryl methyl sites for hydroxylation is 1. The SMILES string of the molecule is Cc1ccc(Cl)cc1NC(=O)c1ccc(N2C[C@H]3C[C@@H](C2)c2cccc(=O)n2C3)c(NC(=O)c2ccncc2)c1. The summed E-state index contributed by atoms with van der Waals surface area (Å²) in [6.07, 6.45) is 4.15. The lowest BCUT2D eigenvalue weighted by Crippen LogP contribution is -2.47. The summed E-state index contributed by atoms with van der Waals surface area (Å²) in [6.45, 7) is 4.00. The van der Waals surface area contributed by atoms with Gasteiger partial charge in [-0.25, -0.2) is 0 Å². The van der Waals surface area contributed by atoms with Gasteiger partial charge >= 0.3 is 0 Å². The Morgan fingerprint density at radius 1 is 0.875 bits per heavy atom. The molecule has 4 aromatic rings. The van der Waals surface area contributed by atoms with E-state index in [1.165, 1.54) is 0 Å². The maximum atomic E-state index is 13.3. The zero-order valence-corrected chi connectivity index (χ0v) is 22.7. The van der Waals surface area contributed by atoms with Gasteiger partial charge in [-0.2, -0.15) is 0 Å². The number of piperidine rings is 1. The molecule has 0 spiro atoms. The Morgan fingerprint density at radius 2 is 1.65 bits per heavy atom. The number of hydrogen-bond acceptors (Lipinski definition) is 5. The Morgan fingerprint density at radius 3 is 2.48 bits per heavy atom. The number of fused-ring (bicyclic) bond motifs is 4. The van der Waals surface area contributed by atoms with Gasteiger partial charge in [0, 0.05) is 71.5 Å². The van der Waals surface area contributed by atoms with E-state index in [1.807, 2.05) is 35.8 Å². The smallest absolute Gasteiger partial charge is 0.255 e. The fraction of sp³-hybridized carbons (Fsp3) is 0.226. The maximum absolute atomic E-state index is 13.3. The molecule has 0 radical (unpaired) electrons. The van der Waals surface area contributed by atoms with Crippen LogP contribution in [0.15, 0.2) is 83.9 Å². The summed E-state index contributed by atoms with van der Waals surface area (Å²) in [6, 6.07) is 19.5. The van der Waals surface area contributed by atoms with Crippen molar-refractivity contribution in [3.05, 3.63) is 117 Å². The first-order valence-electron chi connectivity index (χ1n) is 13.2. The Labute approximate surface area is 236 Å². The Balaban J connectivity index is 1.33. The van der Waals surface area contributed by atoms with Gasteiger partial charge in [0.1, 0.15) is 0 Å². The van der Waals surface area contributed by atoms with Crippen LogP contribution in [0.2, 0.25) is 5.02 Å². The standard InChI is InChI=1S/C31H28ClN5O3/c1-19-5-7-24(32)15-25(19)34-31(40)22-6-8-28(26(14-22)35-30(39)21-9-11-33-12-10-21)36-16-20-13-23(18-36)27-3-2-4-29(38)37(27)17-20/h2-12,14-15,20,23H,13,16-18H2,1H3,(H,34,40)(H,35,39)/t20-,23+/m1/s1. The third-order valence-electron chi connectivity index (χ3n) is 7.72. The third kappa shape index (κ3) is 5.10. The van der Waals surface area contributed by atoms with E-state index in [0.717, 1.165) is 29.9 Å². The molecule has 0 unspecified atom stereocenters. The van der Waals surface area contributed by atoms with Gasteiger partial charge in [-0.1, -0.05) is 23.7 Å². The summed E-state index contributed by atoms with van der Waals surface area (Å²) >= 11 is 6.15. The second kappa shape index (κ2) is 10.6. The molecule has 2 aromatic heterocycles. The molecule has 2 aliphatic rings. The van der Waals surface area contributed by atoms with Crippen LogP contribution < -0.4 is 21.1 Å². The zero-order chi connectivity index (χ0) is 27.8. The highest BCUT2D eigenvalue weighted by molar-refractivity contribution is 6.31. The summed E-state index contributed by atoms with van der Waals surface area (Å²) in [5, 5.41) is 6.50. The maximum Gasteiger partial charge on any atom is 0.255 e. The predicted octanol–water partition coefficient (Wildman–Crippen LogP) is 5.33. The van der Waals surface area contributed by atoms with Gasteiger partial charge in [0.2, 0.25) is 0 Å². The number of amides is 2. The van der Waals surface area contributed by atoms with Gasteiger partial charge in [-0.15, -0.1) is 0 Å². The van der Waals surface area contributed by atoms with Crippen LogP contribution in [0.1, 0.15) is 44.3 Å². The van der Waals surface area contributed by atoms with Gasteiger partial charge in [0.25, 0.3) is 17.4 Å². The molecular formula is C31H28ClN5O3. The first-order chi connectivity index (χ1) is 19.4. The van der Waals surface area contributed by atoms with Crippen LogP contribution in [0.25, 0.3) is 0 Å². The minimum absolute atomic E-state index is 0.0382. The van der Waals surface area contributed by atoms with Crippen LogP contribution in [0, 0.1) is 12.8 Å². The number of carbonyl (C=O) groups is 2. The molecule has 9 heteroatoms. The largest absolute Gasteiger partial charge is 0.369 e. The van der Waals surface area contributed by atoms with Crippen LogP contribution in [0.3, 0.4) is 0 Å². The van der Waals surface area contributed by atoms with Gasteiger partial charge < -0.3 is 20.1 Å². The minimum atomic E-state index is -0.305. The monoisotopic (exact) mass is 553 g/mol. The average molecular weight is 554 g/mol. The Kier molecular flexibility index (Phi) is 6.86. The molecule has 0 aliphatic carbocycles. The number of nitrogens with zero attached hydrogens (tertiary/aromatic N) is 3. The number of aromatic nitrogens is 2. The van der Waals surface area contributed by atoms with Gasteiger partial charge in [-0.3, -0.25) is 19.4 Å². The highest BCUT2D eigenvalue weighted by Gasteiger charge is 2.35. The highest BCUT2D eigenvalue weighted by atomic mass is 35.5. The second-order valence-corrected chi connectivity index (χ2v) is 10.9. The fourth-order valence-electron chi connectivity index (χ4n) is 5.77. The summed E-state index contributed by atoms with van der Waals surface area (Å²) in [5.41, 5.74) is 4.85. The van der Waals surface area contributed by atoms with Crippen LogP contribution in [0.5, 0.6) is 0 Å². The van der Waals surface area contributed by atoms with Crippen molar-refractivity contribution in [1.29, 1.82) is 0 Å². The van der Waals surface area contributed by atoms with Crippen LogP contribution >= 0.6 is 11.6 Å². The number of halogens is 1. The van der Waals surface area contributed by atoms with Crippen LogP contribution in [-0.4, -0.2) is 34.5 Å². The highest BCUT2D eigenvalue weighted by Crippen LogP contribution is 2.39. The van der Waals surface area contributed by atoms with Crippen LogP contribution in [-0.2, 0) is 6.54 Å². The lowest BCUT2D eigenvalue weighted by atomic mass is 9.83. The quantitative estimate of drug-likeness (QED) is 0.348. The molecule has 40 heavy (non-hydrogen) atoms. The second-order valence-electron chi connectivity index (χ2n) is 10.4. The summed E-state index contributed by atoms with van der Waals surface area (Å²) in [5.74, 6) is -0.107. The van der Waals surface area contributed by atoms with Crippen molar-refractivity contribution >= 4 is 40.5 Å². The number of benzene rings is 2. The van der Waals surface area contributed by atoms with Gasteiger partial charge in [0.15, 0.2) is 0 Å². The number of pyridine rings is 2. The summed E-state index contributed by atoms with van der Waals surface area (Å²) in [7, 11) is 0. The van der Waals surface area contributed by atoms with Crippen molar-refractivity contribution in [2.45, 2.75) is 25.8 Å². The molecule has 2 bridgehead atoms. The molecule has 2 amide bonds. The van der Waals surface area contributed by atoms with E-state index in [0.29, 0.717) is 46.5 Å². The van der Waals surface area contributed by atoms with E-state index in [1.54, 1.807) is 54.9 Å². The fourth-order valence-corrected chi connectivity index (χ4v) is 5.94. The van der Waals surface area contributed by atoms with E-state index >= 15 is 0 Å². The van der Waals surface area contributed by atoms with Crippen molar-refractivity contribution in [2.24, 2.45) is 5.92 Å². The van der Waals surface area contributed by atoms with Crippen molar-refractivity contribution in [3.8, 4) is 0 Å². The number of carbonyl (C=O) groups excluding carboxylic acids is 2. The number of hydrogen-bond donors (Lipinski definition) is 2. The molecule has 1 saturated heterocycles. The predicted molar refractivity (Wildman–Crippen MR) is 157 cm³/mol. The lowest BCUT2D eigenvalue weighted by Gasteiger charge is -2.44. The topological polar surface area (TPSA) is 96.3 Å².